The van der Waals surface area contributed by atoms with Crippen molar-refractivity contribution in [3.63, 3.8) is 0 Å². The van der Waals surface area contributed by atoms with Gasteiger partial charge in [-0.15, -0.1) is 0 Å². The summed E-state index contributed by atoms with van der Waals surface area (Å²) in [7, 11) is -6.85. The van der Waals surface area contributed by atoms with Crippen molar-refractivity contribution < 1.29 is 21.6 Å². The summed E-state index contributed by atoms with van der Waals surface area (Å²) < 4.78 is 49.3. The van der Waals surface area contributed by atoms with E-state index < -0.39 is 19.7 Å². The van der Waals surface area contributed by atoms with Crippen molar-refractivity contribution in [1.82, 2.24) is 9.88 Å². The number of fused-ring (bicyclic) bond motifs is 1. The highest BCUT2D eigenvalue weighted by atomic mass is 35.5. The Balaban J connectivity index is 1.35. The van der Waals surface area contributed by atoms with Crippen LogP contribution in [0, 0.1) is 0 Å². The van der Waals surface area contributed by atoms with Crippen molar-refractivity contribution >= 4 is 63.9 Å². The normalized spacial score (nSPS) is 15.2. The van der Waals surface area contributed by atoms with E-state index in [4.69, 9.17) is 11.6 Å². The number of rotatable bonds is 6. The van der Waals surface area contributed by atoms with E-state index in [1.807, 2.05) is 0 Å². The zero-order valence-electron chi connectivity index (χ0n) is 17.8. The van der Waals surface area contributed by atoms with Crippen LogP contribution in [0.25, 0.3) is 10.2 Å². The Morgan fingerprint density at radius 3 is 2.27 bits per heavy atom. The van der Waals surface area contributed by atoms with E-state index in [-0.39, 0.29) is 27.9 Å². The highest BCUT2D eigenvalue weighted by molar-refractivity contribution is 7.91. The van der Waals surface area contributed by atoms with E-state index >= 15 is 0 Å². The van der Waals surface area contributed by atoms with Gasteiger partial charge in [-0.1, -0.05) is 22.9 Å². The number of piperazine rings is 1. The molecule has 8 nitrogen and oxygen atoms in total. The number of benzene rings is 2. The largest absolute Gasteiger partial charge is 0.345 e. The lowest BCUT2D eigenvalue weighted by Gasteiger charge is -2.34. The van der Waals surface area contributed by atoms with Gasteiger partial charge in [-0.05, 0) is 42.5 Å². The molecule has 2 heterocycles. The predicted octanol–water partition coefficient (Wildman–Crippen LogP) is 2.87. The molecule has 2 aromatic carbocycles. The van der Waals surface area contributed by atoms with Gasteiger partial charge in [-0.3, -0.25) is 4.79 Å². The van der Waals surface area contributed by atoms with Crippen molar-refractivity contribution in [3.8, 4) is 0 Å². The fourth-order valence-electron chi connectivity index (χ4n) is 3.55. The minimum atomic E-state index is -3.56. The molecule has 0 unspecified atom stereocenters. The van der Waals surface area contributed by atoms with E-state index in [1.54, 1.807) is 23.1 Å². The van der Waals surface area contributed by atoms with Crippen LogP contribution in [0.2, 0.25) is 5.02 Å². The molecule has 0 N–H and O–H groups in total. The summed E-state index contributed by atoms with van der Waals surface area (Å²) in [5.74, 6) is -0.455. The number of halogens is 1. The topological polar surface area (TPSA) is 105 Å². The molecule has 1 aromatic heterocycles. The first-order valence-electron chi connectivity index (χ1n) is 10.1. The number of nitrogens with zero attached hydrogens (tertiary/aromatic N) is 3. The van der Waals surface area contributed by atoms with Gasteiger partial charge in [0.2, 0.25) is 5.91 Å². The van der Waals surface area contributed by atoms with Gasteiger partial charge in [0.25, 0.3) is 0 Å². The molecule has 12 heteroatoms. The number of hydrogen-bond donors (Lipinski definition) is 0. The first kappa shape index (κ1) is 23.9. The minimum Gasteiger partial charge on any atom is -0.345 e. The molecule has 176 valence electrons. The second kappa shape index (κ2) is 9.21. The summed E-state index contributed by atoms with van der Waals surface area (Å²) >= 11 is 7.22. The number of aromatic nitrogens is 1. The lowest BCUT2D eigenvalue weighted by atomic mass is 10.3. The Kier molecular flexibility index (Phi) is 6.68. The summed E-state index contributed by atoms with van der Waals surface area (Å²) in [6, 6.07) is 10.8. The van der Waals surface area contributed by atoms with Crippen molar-refractivity contribution in [3.05, 3.63) is 47.5 Å². The highest BCUT2D eigenvalue weighted by Gasteiger charge is 2.25. The molecule has 4 rings (SSSR count). The van der Waals surface area contributed by atoms with Gasteiger partial charge in [0, 0.05) is 43.9 Å². The van der Waals surface area contributed by atoms with Gasteiger partial charge < -0.3 is 9.80 Å². The lowest BCUT2D eigenvalue weighted by Crippen LogP contribution is -2.49. The number of anilines is 1. The Morgan fingerprint density at radius 1 is 1.00 bits per heavy atom. The Bertz CT molecular complexity index is 1390. The minimum absolute atomic E-state index is 0.0830. The van der Waals surface area contributed by atoms with Crippen LogP contribution in [-0.4, -0.2) is 70.8 Å². The van der Waals surface area contributed by atoms with Crippen LogP contribution >= 0.6 is 22.9 Å². The SMILES string of the molecule is CS(=O)(=O)c1ccc2nc(N3CCN(C(=O)CCS(=O)(=O)c4ccc(Cl)cc4)CC3)sc2c1. The maximum Gasteiger partial charge on any atom is 0.223 e. The standard InChI is InChI=1S/C21H22ClN3O5S3/c1-32(27,28)17-6-7-18-19(14-17)31-21(23-18)25-11-9-24(10-12-25)20(26)8-13-33(29,30)16-4-2-15(22)3-5-16/h2-7,14H,8-13H2,1H3. The molecule has 3 aromatic rings. The number of thiazole rings is 1. The molecule has 0 spiro atoms. The molecular formula is C21H22ClN3O5S3. The first-order valence-corrected chi connectivity index (χ1v) is 14.9. The molecule has 1 fully saturated rings. The summed E-state index contributed by atoms with van der Waals surface area (Å²) in [6.07, 6.45) is 1.09. The van der Waals surface area contributed by atoms with Crippen LogP contribution in [0.15, 0.2) is 52.3 Å². The Morgan fingerprint density at radius 2 is 1.64 bits per heavy atom. The van der Waals surface area contributed by atoms with E-state index in [0.29, 0.717) is 31.2 Å². The highest BCUT2D eigenvalue weighted by Crippen LogP contribution is 2.31. The number of amides is 1. The monoisotopic (exact) mass is 527 g/mol. The van der Waals surface area contributed by atoms with Crippen LogP contribution in [0.4, 0.5) is 5.13 Å². The average molecular weight is 528 g/mol. The van der Waals surface area contributed by atoms with E-state index in [2.05, 4.69) is 9.88 Å². The molecule has 1 saturated heterocycles. The van der Waals surface area contributed by atoms with Crippen LogP contribution in [0.5, 0.6) is 0 Å². The third kappa shape index (κ3) is 5.48. The van der Waals surface area contributed by atoms with Gasteiger partial charge in [0.05, 0.1) is 25.8 Å². The maximum atomic E-state index is 12.6. The fourth-order valence-corrected chi connectivity index (χ4v) is 6.68. The first-order chi connectivity index (χ1) is 15.5. The van der Waals surface area contributed by atoms with Crippen LogP contribution in [0.1, 0.15) is 6.42 Å². The second-order valence-electron chi connectivity index (χ2n) is 7.79. The van der Waals surface area contributed by atoms with Gasteiger partial charge in [0.1, 0.15) is 0 Å². The average Bonchev–Trinajstić information content (AvgIpc) is 3.21. The fraction of sp³-hybridized carbons (Fsp3) is 0.333. The molecule has 33 heavy (non-hydrogen) atoms. The lowest BCUT2D eigenvalue weighted by molar-refractivity contribution is -0.131. The van der Waals surface area contributed by atoms with Gasteiger partial charge in [-0.25, -0.2) is 21.8 Å². The molecule has 1 aliphatic rings. The Labute approximate surface area is 201 Å². The second-order valence-corrected chi connectivity index (χ2v) is 13.4. The summed E-state index contributed by atoms with van der Waals surface area (Å²) in [5.41, 5.74) is 0.730. The van der Waals surface area contributed by atoms with E-state index in [1.165, 1.54) is 41.9 Å². The van der Waals surface area contributed by atoms with Gasteiger partial charge >= 0.3 is 0 Å². The van der Waals surface area contributed by atoms with Gasteiger partial charge in [-0.2, -0.15) is 0 Å². The third-order valence-electron chi connectivity index (χ3n) is 5.44. The number of carbonyl (C=O) groups excluding carboxylic acids is 1. The number of sulfone groups is 2. The molecule has 1 amide bonds. The molecule has 0 radical (unpaired) electrons. The predicted molar refractivity (Wildman–Crippen MR) is 130 cm³/mol. The number of hydrogen-bond acceptors (Lipinski definition) is 8. The number of carbonyl (C=O) groups is 1. The molecule has 0 aliphatic carbocycles. The van der Waals surface area contributed by atoms with Crippen molar-refractivity contribution in [2.75, 3.05) is 43.1 Å². The smallest absolute Gasteiger partial charge is 0.223 e. The van der Waals surface area contributed by atoms with Crippen LogP contribution < -0.4 is 4.90 Å². The molecule has 0 saturated carbocycles. The van der Waals surface area contributed by atoms with Crippen LogP contribution in [0.3, 0.4) is 0 Å². The van der Waals surface area contributed by atoms with Gasteiger partial charge in [0.15, 0.2) is 24.8 Å². The Hall–Kier alpha value is -2.21. The molecular weight excluding hydrogens is 506 g/mol. The zero-order chi connectivity index (χ0) is 23.8. The van der Waals surface area contributed by atoms with Crippen molar-refractivity contribution in [2.24, 2.45) is 0 Å². The molecule has 1 aliphatic heterocycles. The third-order valence-corrected chi connectivity index (χ3v) is 9.61. The zero-order valence-corrected chi connectivity index (χ0v) is 21.0. The summed E-state index contributed by atoms with van der Waals surface area (Å²) in [5, 5.41) is 1.22. The quantitative estimate of drug-likeness (QED) is 0.485. The molecule has 0 bridgehead atoms. The van der Waals surface area contributed by atoms with Crippen molar-refractivity contribution in [1.29, 1.82) is 0 Å². The summed E-state index contributed by atoms with van der Waals surface area (Å²) in [6.45, 7) is 2.05. The van der Waals surface area contributed by atoms with E-state index in [9.17, 15) is 21.6 Å². The maximum absolute atomic E-state index is 12.6. The van der Waals surface area contributed by atoms with E-state index in [0.717, 1.165) is 15.3 Å². The van der Waals surface area contributed by atoms with Crippen molar-refractivity contribution in [2.45, 2.75) is 16.2 Å². The summed E-state index contributed by atoms with van der Waals surface area (Å²) in [4.78, 5) is 21.3. The van der Waals surface area contributed by atoms with Crippen LogP contribution in [-0.2, 0) is 24.5 Å². The molecule has 0 atom stereocenters.